The number of amides is 1. The summed E-state index contributed by atoms with van der Waals surface area (Å²) >= 11 is 0. The van der Waals surface area contributed by atoms with Gasteiger partial charge in [-0.15, -0.1) is 0 Å². The van der Waals surface area contributed by atoms with Crippen LogP contribution in [0.2, 0.25) is 0 Å². The second-order valence-corrected chi connectivity index (χ2v) is 4.03. The van der Waals surface area contributed by atoms with Crippen LogP contribution in [0.5, 0.6) is 5.75 Å². The monoisotopic (exact) mass is 261 g/mol. The number of methoxy groups -OCH3 is 1. The van der Waals surface area contributed by atoms with Gasteiger partial charge in [0.2, 0.25) is 5.91 Å². The number of carbonyl (C=O) groups excluding carboxylic acids is 1. The van der Waals surface area contributed by atoms with Crippen LogP contribution in [0.15, 0.2) is 18.2 Å². The number of hydrogen-bond acceptors (Lipinski definition) is 4. The zero-order valence-corrected chi connectivity index (χ0v) is 11.3. The molecule has 5 heteroatoms. The molecule has 0 spiro atoms. The summed E-state index contributed by atoms with van der Waals surface area (Å²) in [5, 5.41) is 14.9. The fraction of sp³-hybridized carbons (Fsp3) is 0.429. The van der Waals surface area contributed by atoms with Crippen molar-refractivity contribution in [1.82, 2.24) is 10.6 Å². The van der Waals surface area contributed by atoms with Crippen molar-refractivity contribution in [3.8, 4) is 11.8 Å². The minimum Gasteiger partial charge on any atom is -0.495 e. The number of ether oxygens (including phenoxy) is 1. The van der Waals surface area contributed by atoms with Gasteiger partial charge < -0.3 is 15.4 Å². The summed E-state index contributed by atoms with van der Waals surface area (Å²) < 4.78 is 5.08. The number of carbonyl (C=O) groups is 1. The van der Waals surface area contributed by atoms with Gasteiger partial charge in [-0.3, -0.25) is 4.79 Å². The van der Waals surface area contributed by atoms with Gasteiger partial charge in [-0.2, -0.15) is 5.26 Å². The SMILES string of the molecule is CCNC(=O)CCNCc1ccc(OC)c(C#N)c1. The van der Waals surface area contributed by atoms with Crippen LogP contribution in [-0.4, -0.2) is 26.1 Å². The summed E-state index contributed by atoms with van der Waals surface area (Å²) in [6, 6.07) is 7.56. The van der Waals surface area contributed by atoms with Crippen LogP contribution in [0.4, 0.5) is 0 Å². The number of nitrogens with one attached hydrogen (secondary N) is 2. The van der Waals surface area contributed by atoms with Crippen LogP contribution in [0.3, 0.4) is 0 Å². The largest absolute Gasteiger partial charge is 0.495 e. The molecule has 1 amide bonds. The fourth-order valence-corrected chi connectivity index (χ4v) is 1.67. The Morgan fingerprint density at radius 2 is 2.26 bits per heavy atom. The van der Waals surface area contributed by atoms with Crippen molar-refractivity contribution in [3.05, 3.63) is 29.3 Å². The summed E-state index contributed by atoms with van der Waals surface area (Å²) in [5.41, 5.74) is 1.51. The van der Waals surface area contributed by atoms with Crippen molar-refractivity contribution in [1.29, 1.82) is 5.26 Å². The summed E-state index contributed by atoms with van der Waals surface area (Å²) in [5.74, 6) is 0.621. The lowest BCUT2D eigenvalue weighted by Gasteiger charge is -2.07. The van der Waals surface area contributed by atoms with Gasteiger partial charge in [-0.25, -0.2) is 0 Å². The van der Waals surface area contributed by atoms with E-state index in [-0.39, 0.29) is 5.91 Å². The highest BCUT2D eigenvalue weighted by molar-refractivity contribution is 5.75. The highest BCUT2D eigenvalue weighted by Crippen LogP contribution is 2.18. The zero-order valence-electron chi connectivity index (χ0n) is 11.3. The Hall–Kier alpha value is -2.06. The molecule has 2 N–H and O–H groups in total. The van der Waals surface area contributed by atoms with Crippen LogP contribution in [0, 0.1) is 11.3 Å². The van der Waals surface area contributed by atoms with E-state index < -0.39 is 0 Å². The van der Waals surface area contributed by atoms with Crippen LogP contribution < -0.4 is 15.4 Å². The zero-order chi connectivity index (χ0) is 14.1. The average molecular weight is 261 g/mol. The number of hydrogen-bond donors (Lipinski definition) is 2. The quantitative estimate of drug-likeness (QED) is 0.723. The molecule has 1 aromatic carbocycles. The molecular formula is C14H19N3O2. The average Bonchev–Trinajstić information content (AvgIpc) is 2.43. The van der Waals surface area contributed by atoms with Crippen molar-refractivity contribution >= 4 is 5.91 Å². The Morgan fingerprint density at radius 3 is 2.89 bits per heavy atom. The first-order valence-electron chi connectivity index (χ1n) is 6.25. The van der Waals surface area contributed by atoms with Gasteiger partial charge in [0.1, 0.15) is 11.8 Å². The predicted octanol–water partition coefficient (Wildman–Crippen LogP) is 1.18. The van der Waals surface area contributed by atoms with Gasteiger partial charge in [0, 0.05) is 26.1 Å². The van der Waals surface area contributed by atoms with E-state index in [1.54, 1.807) is 19.2 Å². The lowest BCUT2D eigenvalue weighted by atomic mass is 10.1. The molecule has 5 nitrogen and oxygen atoms in total. The smallest absolute Gasteiger partial charge is 0.221 e. The maximum Gasteiger partial charge on any atom is 0.221 e. The molecule has 1 aromatic rings. The van der Waals surface area contributed by atoms with E-state index in [9.17, 15) is 4.79 Å². The number of rotatable bonds is 7. The van der Waals surface area contributed by atoms with E-state index in [2.05, 4.69) is 16.7 Å². The van der Waals surface area contributed by atoms with Crippen LogP contribution >= 0.6 is 0 Å². The fourth-order valence-electron chi connectivity index (χ4n) is 1.67. The molecular weight excluding hydrogens is 242 g/mol. The van der Waals surface area contributed by atoms with Gasteiger partial charge in [-0.05, 0) is 24.6 Å². The summed E-state index contributed by atoms with van der Waals surface area (Å²) in [6.45, 7) is 3.78. The van der Waals surface area contributed by atoms with Crippen molar-refractivity contribution in [2.75, 3.05) is 20.2 Å². The first-order valence-corrected chi connectivity index (χ1v) is 6.25. The summed E-state index contributed by atoms with van der Waals surface area (Å²) in [6.07, 6.45) is 0.453. The van der Waals surface area contributed by atoms with E-state index in [0.29, 0.717) is 37.4 Å². The molecule has 19 heavy (non-hydrogen) atoms. The highest BCUT2D eigenvalue weighted by Gasteiger charge is 2.04. The van der Waals surface area contributed by atoms with Crippen molar-refractivity contribution in [2.45, 2.75) is 19.9 Å². The molecule has 0 radical (unpaired) electrons. The third-order valence-corrected chi connectivity index (χ3v) is 2.62. The number of nitrogens with zero attached hydrogens (tertiary/aromatic N) is 1. The third kappa shape index (κ3) is 4.98. The lowest BCUT2D eigenvalue weighted by Crippen LogP contribution is -2.27. The second kappa shape index (κ2) is 8.11. The summed E-state index contributed by atoms with van der Waals surface area (Å²) in [4.78, 5) is 11.2. The van der Waals surface area contributed by atoms with Crippen molar-refractivity contribution in [2.24, 2.45) is 0 Å². The third-order valence-electron chi connectivity index (χ3n) is 2.62. The molecule has 0 heterocycles. The standard InChI is InChI=1S/C14H19N3O2/c1-3-17-14(18)6-7-16-10-11-4-5-13(19-2)12(8-11)9-15/h4-5,8,16H,3,6-7,10H2,1-2H3,(H,17,18). The Morgan fingerprint density at radius 1 is 1.47 bits per heavy atom. The number of nitriles is 1. The maximum absolute atomic E-state index is 11.2. The Balaban J connectivity index is 2.42. The molecule has 0 unspecified atom stereocenters. The molecule has 102 valence electrons. The predicted molar refractivity (Wildman–Crippen MR) is 72.7 cm³/mol. The molecule has 1 rings (SSSR count). The Kier molecular flexibility index (Phi) is 6.41. The van der Waals surface area contributed by atoms with Gasteiger partial charge >= 0.3 is 0 Å². The highest BCUT2D eigenvalue weighted by atomic mass is 16.5. The van der Waals surface area contributed by atoms with E-state index in [1.807, 2.05) is 13.0 Å². The molecule has 0 atom stereocenters. The van der Waals surface area contributed by atoms with Gasteiger partial charge in [0.25, 0.3) is 0 Å². The van der Waals surface area contributed by atoms with Gasteiger partial charge in [0.05, 0.1) is 12.7 Å². The minimum atomic E-state index is 0.0439. The van der Waals surface area contributed by atoms with Gasteiger partial charge in [0.15, 0.2) is 0 Å². The summed E-state index contributed by atoms with van der Waals surface area (Å²) in [7, 11) is 1.54. The van der Waals surface area contributed by atoms with E-state index in [4.69, 9.17) is 10.00 Å². The Labute approximate surface area is 113 Å². The van der Waals surface area contributed by atoms with E-state index in [1.165, 1.54) is 0 Å². The molecule has 0 aliphatic rings. The van der Waals surface area contributed by atoms with Crippen molar-refractivity contribution < 1.29 is 9.53 Å². The first kappa shape index (κ1) is 15.0. The van der Waals surface area contributed by atoms with E-state index in [0.717, 1.165) is 5.56 Å². The van der Waals surface area contributed by atoms with Crippen LogP contribution in [0.25, 0.3) is 0 Å². The van der Waals surface area contributed by atoms with Crippen LogP contribution in [-0.2, 0) is 11.3 Å². The molecule has 0 fully saturated rings. The topological polar surface area (TPSA) is 74.2 Å². The van der Waals surface area contributed by atoms with E-state index >= 15 is 0 Å². The molecule has 0 aromatic heterocycles. The number of benzene rings is 1. The minimum absolute atomic E-state index is 0.0439. The van der Waals surface area contributed by atoms with Gasteiger partial charge in [-0.1, -0.05) is 6.07 Å². The second-order valence-electron chi connectivity index (χ2n) is 4.03. The first-order chi connectivity index (χ1) is 9.21. The molecule has 0 saturated carbocycles. The molecule has 0 aliphatic carbocycles. The normalized spacial score (nSPS) is 9.74. The van der Waals surface area contributed by atoms with Crippen LogP contribution in [0.1, 0.15) is 24.5 Å². The maximum atomic E-state index is 11.2. The molecule has 0 aliphatic heterocycles. The molecule has 0 saturated heterocycles. The Bertz CT molecular complexity index is 466. The lowest BCUT2D eigenvalue weighted by molar-refractivity contribution is -0.120. The van der Waals surface area contributed by atoms with Crippen molar-refractivity contribution in [3.63, 3.8) is 0 Å². The molecule has 0 bridgehead atoms.